The molecule has 2 amide bonds. The van der Waals surface area contributed by atoms with Crippen LogP contribution in [0.3, 0.4) is 0 Å². The fourth-order valence-electron chi connectivity index (χ4n) is 4.17. The van der Waals surface area contributed by atoms with Gasteiger partial charge in [-0.3, -0.25) is 4.79 Å². The Balaban J connectivity index is 1.82. The lowest BCUT2D eigenvalue weighted by Crippen LogP contribution is -2.58. The first kappa shape index (κ1) is 25.1. The molecule has 0 bridgehead atoms. The van der Waals surface area contributed by atoms with Gasteiger partial charge in [-0.25, -0.2) is 4.79 Å². The summed E-state index contributed by atoms with van der Waals surface area (Å²) in [6.45, 7) is 12.6. The number of fused-ring (bicyclic) bond motifs is 1. The number of hydrogen-bond acceptors (Lipinski definition) is 7. The first-order chi connectivity index (χ1) is 16.0. The summed E-state index contributed by atoms with van der Waals surface area (Å²) in [5.41, 5.74) is 5.28. The summed E-state index contributed by atoms with van der Waals surface area (Å²) < 4.78 is 31.6. The van der Waals surface area contributed by atoms with Gasteiger partial charge in [0, 0.05) is 0 Å². The lowest BCUT2D eigenvalue weighted by Gasteiger charge is -2.43. The van der Waals surface area contributed by atoms with Gasteiger partial charge in [-0.2, -0.15) is 0 Å². The molecule has 2 fully saturated rings. The first-order valence-electron chi connectivity index (χ1n) is 12.1. The van der Waals surface area contributed by atoms with Crippen molar-refractivity contribution in [3.8, 4) is 0 Å². The van der Waals surface area contributed by atoms with E-state index in [2.05, 4.69) is 39.2 Å². The maximum absolute atomic E-state index is 12.6. The van der Waals surface area contributed by atoms with E-state index >= 15 is 0 Å². The van der Waals surface area contributed by atoms with Crippen molar-refractivity contribution >= 4 is 20.1 Å². The summed E-state index contributed by atoms with van der Waals surface area (Å²) in [5, 5.41) is 13.7. The molecular formula is C24H38N2O7Si. The summed E-state index contributed by atoms with van der Waals surface area (Å²) in [4.78, 5) is 25.0. The Morgan fingerprint density at radius 2 is 1.76 bits per heavy atom. The highest BCUT2D eigenvalue weighted by atomic mass is 28.3. The quantitative estimate of drug-likeness (QED) is 0.496. The highest BCUT2D eigenvalue weighted by Gasteiger charge is 2.62. The highest BCUT2D eigenvalue weighted by Crippen LogP contribution is 2.46. The van der Waals surface area contributed by atoms with Crippen molar-refractivity contribution in [1.82, 2.24) is 5.32 Å². The molecule has 4 N–H and O–H groups in total. The second-order valence-corrected chi connectivity index (χ2v) is 16.5. The van der Waals surface area contributed by atoms with E-state index < -0.39 is 68.6 Å². The molecular weight excluding hydrogens is 456 g/mol. The Labute approximate surface area is 203 Å². The maximum atomic E-state index is 12.6. The normalized spacial score (nSPS) is 29.5. The van der Waals surface area contributed by atoms with Crippen molar-refractivity contribution in [2.24, 2.45) is 5.73 Å². The predicted molar refractivity (Wildman–Crippen MR) is 128 cm³/mol. The van der Waals surface area contributed by atoms with Gasteiger partial charge in [0.2, 0.25) is 5.91 Å². The van der Waals surface area contributed by atoms with Gasteiger partial charge in [-0.1, -0.05) is 64.2 Å². The molecule has 9 nitrogen and oxygen atoms in total. The number of alkyl carbamates (subject to hydrolysis) is 1. The smallest absolute Gasteiger partial charge is 0.408 e. The van der Waals surface area contributed by atoms with E-state index in [9.17, 15) is 14.7 Å². The van der Waals surface area contributed by atoms with Crippen LogP contribution in [0.25, 0.3) is 0 Å². The fourth-order valence-corrected chi connectivity index (χ4v) is 6.14. The van der Waals surface area contributed by atoms with Gasteiger partial charge in [-0.05, 0) is 24.4 Å². The van der Waals surface area contributed by atoms with Crippen molar-refractivity contribution in [3.63, 3.8) is 0 Å². The second kappa shape index (κ2) is 9.58. The fraction of sp³-hybridized carbons (Fsp3) is 0.667. The van der Waals surface area contributed by atoms with Gasteiger partial charge >= 0.3 is 6.09 Å². The minimum atomic E-state index is -2.32. The number of nitrogens with two attached hydrogens (primary N) is 1. The maximum Gasteiger partial charge on any atom is 0.408 e. The molecule has 2 aliphatic rings. The molecule has 2 heterocycles. The SMILES string of the molecule is [2H]C(OC(=O)NC(C(N)=O)[C@@H]1O[C@H](C(O)[Si](C)(C)C(C)(C)C)[C@H]2OC(C)(C)O[C@H]21)c1ccccc1. The van der Waals surface area contributed by atoms with Crippen LogP contribution < -0.4 is 11.1 Å². The van der Waals surface area contributed by atoms with Crippen LogP contribution in [0.1, 0.15) is 41.6 Å². The van der Waals surface area contributed by atoms with Gasteiger partial charge in [0.25, 0.3) is 0 Å². The Hall–Kier alpha value is -1.98. The third kappa shape index (κ3) is 5.46. The highest BCUT2D eigenvalue weighted by molar-refractivity contribution is 6.81. The number of carbonyl (C=O) groups is 2. The molecule has 2 aliphatic heterocycles. The molecule has 3 rings (SSSR count). The zero-order valence-corrected chi connectivity index (χ0v) is 21.9. The van der Waals surface area contributed by atoms with Gasteiger partial charge in [0.1, 0.15) is 37.0 Å². The molecule has 7 atom stereocenters. The summed E-state index contributed by atoms with van der Waals surface area (Å²) in [6, 6.07) is 7.22. The number of hydrogen-bond donors (Lipinski definition) is 3. The molecule has 0 spiro atoms. The van der Waals surface area contributed by atoms with Gasteiger partial charge in [-0.15, -0.1) is 0 Å². The third-order valence-electron chi connectivity index (χ3n) is 7.12. The van der Waals surface area contributed by atoms with Gasteiger partial charge in [0.15, 0.2) is 5.79 Å². The number of rotatable bonds is 7. The van der Waals surface area contributed by atoms with Crippen molar-refractivity contribution in [2.45, 2.75) is 101 Å². The lowest BCUT2D eigenvalue weighted by molar-refractivity contribution is -0.196. The van der Waals surface area contributed by atoms with Crippen molar-refractivity contribution < 1.29 is 35.0 Å². The number of aliphatic hydroxyl groups excluding tert-OH is 1. The van der Waals surface area contributed by atoms with Gasteiger partial charge in [0.05, 0.1) is 15.2 Å². The number of carbonyl (C=O) groups excluding carboxylic acids is 2. The number of benzene rings is 1. The molecule has 2 saturated heterocycles. The molecule has 0 radical (unpaired) electrons. The summed E-state index contributed by atoms with van der Waals surface area (Å²) in [5.74, 6) is -1.84. The van der Waals surface area contributed by atoms with E-state index in [0.717, 1.165) is 0 Å². The largest absolute Gasteiger partial charge is 0.445 e. The number of aliphatic hydroxyl groups is 1. The minimum absolute atomic E-state index is 0.149. The number of amides is 2. The van der Waals surface area contributed by atoms with Crippen molar-refractivity contribution in [2.75, 3.05) is 0 Å². The number of primary amides is 1. The Bertz CT molecular complexity index is 924. The number of ether oxygens (including phenoxy) is 4. The van der Waals surface area contributed by atoms with Crippen LogP contribution in [0, 0.1) is 0 Å². The van der Waals surface area contributed by atoms with Crippen LogP contribution >= 0.6 is 0 Å². The zero-order valence-electron chi connectivity index (χ0n) is 21.9. The standard InChI is InChI=1S/C24H38N2O7Si/c1-23(2,3)34(6,7)21(28)19-18-17(32-24(4,5)33-18)16(31-19)15(20(25)27)26-22(29)30-13-14-11-9-8-10-12-14/h8-12,15-19,21,28H,13H2,1-7H3,(H2,25,27)(H,26,29)/t15?,16-,17-,18-,19-,21?/m0/s1/i13D/t13?,15?,16-,17-,18-,19-,21?. The average molecular weight is 496 g/mol. The third-order valence-corrected chi connectivity index (χ3v) is 12.8. The Morgan fingerprint density at radius 1 is 1.21 bits per heavy atom. The van der Waals surface area contributed by atoms with E-state index in [1.54, 1.807) is 44.2 Å². The van der Waals surface area contributed by atoms with E-state index in [1.165, 1.54) is 0 Å². The molecule has 1 aromatic carbocycles. The molecule has 1 aromatic rings. The summed E-state index contributed by atoms with van der Waals surface area (Å²) in [7, 11) is -2.32. The minimum Gasteiger partial charge on any atom is -0.445 e. The first-order valence-corrected chi connectivity index (χ1v) is 14.6. The van der Waals surface area contributed by atoms with E-state index in [-0.39, 0.29) is 5.04 Å². The second-order valence-electron chi connectivity index (χ2n) is 11.0. The molecule has 0 aliphatic carbocycles. The molecule has 34 heavy (non-hydrogen) atoms. The Kier molecular flexibility index (Phi) is 7.08. The van der Waals surface area contributed by atoms with Crippen LogP contribution in [-0.4, -0.2) is 67.2 Å². The van der Waals surface area contributed by atoms with Gasteiger partial charge < -0.3 is 35.1 Å². The lowest BCUT2D eigenvalue weighted by atomic mass is 10.0. The molecule has 10 heteroatoms. The van der Waals surface area contributed by atoms with E-state index in [0.29, 0.717) is 5.56 Å². The molecule has 0 saturated carbocycles. The zero-order chi connectivity index (χ0) is 26.3. The molecule has 3 unspecified atom stereocenters. The van der Waals surface area contributed by atoms with Crippen LogP contribution in [0.4, 0.5) is 4.79 Å². The molecule has 190 valence electrons. The van der Waals surface area contributed by atoms with Crippen LogP contribution in [0.15, 0.2) is 30.3 Å². The van der Waals surface area contributed by atoms with Crippen LogP contribution in [-0.2, 0) is 30.3 Å². The summed E-state index contributed by atoms with van der Waals surface area (Å²) in [6.07, 6.45) is -4.21. The molecule has 0 aromatic heterocycles. The monoisotopic (exact) mass is 495 g/mol. The Morgan fingerprint density at radius 3 is 2.29 bits per heavy atom. The average Bonchev–Trinajstić information content (AvgIpc) is 3.24. The van der Waals surface area contributed by atoms with Crippen molar-refractivity contribution in [1.29, 1.82) is 0 Å². The van der Waals surface area contributed by atoms with Crippen molar-refractivity contribution in [3.05, 3.63) is 35.9 Å². The van der Waals surface area contributed by atoms with Crippen LogP contribution in [0.2, 0.25) is 18.1 Å². The van der Waals surface area contributed by atoms with E-state index in [4.69, 9.17) is 26.1 Å². The topological polar surface area (TPSA) is 129 Å². The summed E-state index contributed by atoms with van der Waals surface area (Å²) >= 11 is 0. The predicted octanol–water partition coefficient (Wildman–Crippen LogP) is 2.46. The van der Waals surface area contributed by atoms with E-state index in [1.807, 2.05) is 0 Å². The van der Waals surface area contributed by atoms with Crippen LogP contribution in [0.5, 0.6) is 0 Å². The number of nitrogens with one attached hydrogen (secondary N) is 1.